The molecule has 1 heterocycles. The van der Waals surface area contributed by atoms with Crippen LogP contribution >= 0.6 is 0 Å². The van der Waals surface area contributed by atoms with Crippen molar-refractivity contribution in [3.8, 4) is 0 Å². The quantitative estimate of drug-likeness (QED) is 0.820. The molecule has 2 nitrogen and oxygen atoms in total. The number of benzene rings is 1. The van der Waals surface area contributed by atoms with Crippen molar-refractivity contribution in [1.29, 1.82) is 0 Å². The molecule has 106 valence electrons. The highest BCUT2D eigenvalue weighted by molar-refractivity contribution is 5.14. The molecule has 0 bridgehead atoms. The topological polar surface area (TPSA) is 6.48 Å². The molecule has 19 heavy (non-hydrogen) atoms. The average Bonchev–Trinajstić information content (AvgIpc) is 2.39. The lowest BCUT2D eigenvalue weighted by molar-refractivity contribution is 0.0103. The largest absolute Gasteiger partial charge is 0.306 e. The van der Waals surface area contributed by atoms with E-state index in [-0.39, 0.29) is 0 Å². The molecule has 2 atom stereocenters. The molecule has 0 aliphatic carbocycles. The minimum atomic E-state index is 0.413. The maximum atomic E-state index is 2.62. The number of hydrogen-bond donors (Lipinski definition) is 0. The Labute approximate surface area is 118 Å². The van der Waals surface area contributed by atoms with E-state index in [2.05, 4.69) is 68.1 Å². The molecule has 1 aromatic carbocycles. The second-order valence-electron chi connectivity index (χ2n) is 6.47. The molecule has 2 unspecified atom stereocenters. The van der Waals surface area contributed by atoms with E-state index in [1.165, 1.54) is 31.5 Å². The summed E-state index contributed by atoms with van der Waals surface area (Å²) in [7, 11) is 4.46. The van der Waals surface area contributed by atoms with Gasteiger partial charge in [-0.3, -0.25) is 4.90 Å². The summed E-state index contributed by atoms with van der Waals surface area (Å²) < 4.78 is 0. The Hall–Kier alpha value is -0.860. The van der Waals surface area contributed by atoms with E-state index in [1.807, 2.05) is 0 Å². The van der Waals surface area contributed by atoms with Crippen molar-refractivity contribution < 1.29 is 0 Å². The van der Waals surface area contributed by atoms with E-state index in [0.29, 0.717) is 11.5 Å². The van der Waals surface area contributed by atoms with Crippen LogP contribution in [0.1, 0.15) is 32.3 Å². The standard InChI is InChI=1S/C17H28N2/c1-5-17(2)14-19(12-11-16(17)18(3)4)13-15-9-7-6-8-10-15/h6-10,16H,5,11-14H2,1-4H3. The number of nitrogens with zero attached hydrogens (tertiary/aromatic N) is 2. The highest BCUT2D eigenvalue weighted by atomic mass is 15.2. The number of hydrogen-bond acceptors (Lipinski definition) is 2. The number of piperidine rings is 1. The van der Waals surface area contributed by atoms with Crippen LogP contribution in [0.15, 0.2) is 30.3 Å². The predicted octanol–water partition coefficient (Wildman–Crippen LogP) is 3.24. The number of likely N-dealkylation sites (tertiary alicyclic amines) is 1. The maximum absolute atomic E-state index is 2.62. The van der Waals surface area contributed by atoms with Crippen LogP contribution in [0.3, 0.4) is 0 Å². The van der Waals surface area contributed by atoms with Crippen LogP contribution in [0.4, 0.5) is 0 Å². The van der Waals surface area contributed by atoms with Gasteiger partial charge in [-0.05, 0) is 37.9 Å². The van der Waals surface area contributed by atoms with Crippen LogP contribution < -0.4 is 0 Å². The molecule has 1 aliphatic heterocycles. The molecule has 0 amide bonds. The zero-order chi connectivity index (χ0) is 13.9. The Balaban J connectivity index is 2.03. The molecule has 0 aromatic heterocycles. The third-order valence-electron chi connectivity index (χ3n) is 4.79. The van der Waals surface area contributed by atoms with Crippen molar-refractivity contribution in [2.45, 2.75) is 39.3 Å². The third kappa shape index (κ3) is 3.37. The molecule has 2 rings (SSSR count). The molecule has 0 N–H and O–H groups in total. The summed E-state index contributed by atoms with van der Waals surface area (Å²) in [6.07, 6.45) is 2.53. The van der Waals surface area contributed by atoms with Crippen molar-refractivity contribution in [2.75, 3.05) is 27.2 Å². The van der Waals surface area contributed by atoms with Gasteiger partial charge in [0.2, 0.25) is 0 Å². The van der Waals surface area contributed by atoms with Gasteiger partial charge in [-0.2, -0.15) is 0 Å². The SMILES string of the molecule is CCC1(C)CN(Cc2ccccc2)CCC1N(C)C. The summed E-state index contributed by atoms with van der Waals surface area (Å²) in [6.45, 7) is 8.31. The molecule has 0 radical (unpaired) electrons. The van der Waals surface area contributed by atoms with Crippen molar-refractivity contribution in [1.82, 2.24) is 9.80 Å². The van der Waals surface area contributed by atoms with Crippen LogP contribution in [0.2, 0.25) is 0 Å². The molecule has 1 saturated heterocycles. The summed E-state index contributed by atoms with van der Waals surface area (Å²) in [5.41, 5.74) is 1.85. The minimum Gasteiger partial charge on any atom is -0.306 e. The Morgan fingerprint density at radius 1 is 1.26 bits per heavy atom. The van der Waals surface area contributed by atoms with Gasteiger partial charge < -0.3 is 4.90 Å². The van der Waals surface area contributed by atoms with E-state index in [1.54, 1.807) is 0 Å². The second kappa shape index (κ2) is 6.06. The lowest BCUT2D eigenvalue weighted by Crippen LogP contribution is -2.54. The Morgan fingerprint density at radius 2 is 1.95 bits per heavy atom. The molecule has 0 spiro atoms. The Kier molecular flexibility index (Phi) is 4.64. The Bertz CT molecular complexity index is 388. The highest BCUT2D eigenvalue weighted by Crippen LogP contribution is 2.36. The van der Waals surface area contributed by atoms with E-state index in [9.17, 15) is 0 Å². The highest BCUT2D eigenvalue weighted by Gasteiger charge is 2.39. The van der Waals surface area contributed by atoms with Crippen LogP contribution in [0.5, 0.6) is 0 Å². The summed E-state index contributed by atoms with van der Waals surface area (Å²) in [5.74, 6) is 0. The third-order valence-corrected chi connectivity index (χ3v) is 4.79. The summed E-state index contributed by atoms with van der Waals surface area (Å²) in [6, 6.07) is 11.6. The van der Waals surface area contributed by atoms with Gasteiger partial charge in [-0.15, -0.1) is 0 Å². The molecule has 1 aliphatic rings. The van der Waals surface area contributed by atoms with Crippen molar-refractivity contribution in [3.63, 3.8) is 0 Å². The molecule has 2 heteroatoms. The van der Waals surface area contributed by atoms with E-state index >= 15 is 0 Å². The first-order chi connectivity index (χ1) is 9.05. The normalized spacial score (nSPS) is 28.8. The van der Waals surface area contributed by atoms with Crippen molar-refractivity contribution in [2.24, 2.45) is 5.41 Å². The van der Waals surface area contributed by atoms with Gasteiger partial charge in [0.15, 0.2) is 0 Å². The van der Waals surface area contributed by atoms with Gasteiger partial charge >= 0.3 is 0 Å². The average molecular weight is 260 g/mol. The lowest BCUT2D eigenvalue weighted by atomic mass is 9.74. The maximum Gasteiger partial charge on any atom is 0.0233 e. The van der Waals surface area contributed by atoms with Gasteiger partial charge in [-0.25, -0.2) is 0 Å². The Morgan fingerprint density at radius 3 is 2.53 bits per heavy atom. The van der Waals surface area contributed by atoms with Crippen LogP contribution in [-0.2, 0) is 6.54 Å². The van der Waals surface area contributed by atoms with Gasteiger partial charge in [-0.1, -0.05) is 44.2 Å². The van der Waals surface area contributed by atoms with Gasteiger partial charge in [0.25, 0.3) is 0 Å². The first kappa shape index (κ1) is 14.5. The smallest absolute Gasteiger partial charge is 0.0233 e. The van der Waals surface area contributed by atoms with Gasteiger partial charge in [0.1, 0.15) is 0 Å². The van der Waals surface area contributed by atoms with Crippen molar-refractivity contribution in [3.05, 3.63) is 35.9 Å². The van der Waals surface area contributed by atoms with E-state index < -0.39 is 0 Å². The van der Waals surface area contributed by atoms with Crippen molar-refractivity contribution >= 4 is 0 Å². The molecular weight excluding hydrogens is 232 g/mol. The zero-order valence-corrected chi connectivity index (χ0v) is 12.9. The zero-order valence-electron chi connectivity index (χ0n) is 12.9. The summed E-state index contributed by atoms with van der Waals surface area (Å²) in [4.78, 5) is 5.04. The molecule has 1 aromatic rings. The monoisotopic (exact) mass is 260 g/mol. The molecular formula is C17H28N2. The summed E-state index contributed by atoms with van der Waals surface area (Å²) >= 11 is 0. The lowest BCUT2D eigenvalue weighted by Gasteiger charge is -2.48. The molecule has 1 fully saturated rings. The first-order valence-corrected chi connectivity index (χ1v) is 7.48. The van der Waals surface area contributed by atoms with Crippen LogP contribution in [0.25, 0.3) is 0 Å². The van der Waals surface area contributed by atoms with Crippen LogP contribution in [-0.4, -0.2) is 43.0 Å². The van der Waals surface area contributed by atoms with E-state index in [4.69, 9.17) is 0 Å². The molecule has 0 saturated carbocycles. The fraction of sp³-hybridized carbons (Fsp3) is 0.647. The summed E-state index contributed by atoms with van der Waals surface area (Å²) in [5, 5.41) is 0. The van der Waals surface area contributed by atoms with Gasteiger partial charge in [0, 0.05) is 25.7 Å². The number of rotatable bonds is 4. The van der Waals surface area contributed by atoms with Gasteiger partial charge in [0.05, 0.1) is 0 Å². The fourth-order valence-electron chi connectivity index (χ4n) is 3.55. The fourth-order valence-corrected chi connectivity index (χ4v) is 3.55. The van der Waals surface area contributed by atoms with Crippen LogP contribution in [0, 0.1) is 5.41 Å². The first-order valence-electron chi connectivity index (χ1n) is 7.48. The minimum absolute atomic E-state index is 0.413. The second-order valence-corrected chi connectivity index (χ2v) is 6.47. The van der Waals surface area contributed by atoms with E-state index in [0.717, 1.165) is 6.54 Å². The predicted molar refractivity (Wildman–Crippen MR) is 82.2 cm³/mol.